The molecule has 0 aromatic heterocycles. The minimum absolute atomic E-state index is 0.318. The van der Waals surface area contributed by atoms with Gasteiger partial charge in [-0.15, -0.1) is 0 Å². The van der Waals surface area contributed by atoms with Gasteiger partial charge in [-0.25, -0.2) is 19.4 Å². The van der Waals surface area contributed by atoms with Crippen molar-refractivity contribution in [3.05, 3.63) is 71.8 Å². The van der Waals surface area contributed by atoms with E-state index >= 15 is 0 Å². The molecular formula is C18H22O4. The Morgan fingerprint density at radius 3 is 1.14 bits per heavy atom. The second-order valence-corrected chi connectivity index (χ2v) is 3.47. The summed E-state index contributed by atoms with van der Waals surface area (Å²) in [5.41, 5.74) is 0.636. The Bertz CT molecular complexity index is 484. The second-order valence-electron chi connectivity index (χ2n) is 3.47. The smallest absolute Gasteiger partial charge is 0.242 e. The Balaban J connectivity index is 0.00000102. The predicted molar refractivity (Wildman–Crippen MR) is 86.4 cm³/mol. The lowest BCUT2D eigenvalue weighted by molar-refractivity contribution is -0.187. The van der Waals surface area contributed by atoms with Gasteiger partial charge in [0.05, 0.1) is 11.1 Å². The second kappa shape index (κ2) is 12.1. The highest BCUT2D eigenvalue weighted by atomic mass is 17.2. The lowest BCUT2D eigenvalue weighted by Crippen LogP contribution is -2.11. The van der Waals surface area contributed by atoms with E-state index in [0.29, 0.717) is 11.1 Å². The van der Waals surface area contributed by atoms with Gasteiger partial charge in [0.1, 0.15) is 0 Å². The quantitative estimate of drug-likeness (QED) is 0.597. The highest BCUT2D eigenvalue weighted by Crippen LogP contribution is 2.05. The van der Waals surface area contributed by atoms with E-state index in [4.69, 9.17) is 0 Å². The highest BCUT2D eigenvalue weighted by molar-refractivity contribution is 5.92. The Morgan fingerprint density at radius 1 is 0.591 bits per heavy atom. The highest BCUT2D eigenvalue weighted by Gasteiger charge is 2.12. The van der Waals surface area contributed by atoms with Gasteiger partial charge < -0.3 is 0 Å². The minimum atomic E-state index is -0.708. The fourth-order valence-electron chi connectivity index (χ4n) is 1.32. The molecule has 4 nitrogen and oxygen atoms in total. The van der Waals surface area contributed by atoms with Gasteiger partial charge in [0.2, 0.25) is 0 Å². The van der Waals surface area contributed by atoms with E-state index in [1.54, 1.807) is 60.7 Å². The number of benzene rings is 2. The largest absolute Gasteiger partial charge is 0.386 e. The lowest BCUT2D eigenvalue weighted by Gasteiger charge is -2.02. The normalized spacial score (nSPS) is 8.36. The van der Waals surface area contributed by atoms with Gasteiger partial charge in [0.15, 0.2) is 0 Å². The summed E-state index contributed by atoms with van der Waals surface area (Å²) in [6.45, 7) is 8.00. The van der Waals surface area contributed by atoms with Crippen LogP contribution in [0, 0.1) is 0 Å². The van der Waals surface area contributed by atoms with Crippen molar-refractivity contribution in [3.63, 3.8) is 0 Å². The maximum Gasteiger partial charge on any atom is 0.386 e. The predicted octanol–water partition coefficient (Wildman–Crippen LogP) is 4.67. The summed E-state index contributed by atoms with van der Waals surface area (Å²) < 4.78 is 0. The third-order valence-corrected chi connectivity index (χ3v) is 2.21. The number of rotatable bonds is 2. The van der Waals surface area contributed by atoms with Crippen LogP contribution in [0.3, 0.4) is 0 Å². The zero-order chi connectivity index (χ0) is 16.8. The first kappa shape index (κ1) is 19.4. The number of hydrogen-bond acceptors (Lipinski definition) is 4. The van der Waals surface area contributed by atoms with E-state index < -0.39 is 11.9 Å². The molecule has 0 aliphatic rings. The number of carbonyl (C=O) groups excluding carboxylic acids is 2. The van der Waals surface area contributed by atoms with Gasteiger partial charge in [0, 0.05) is 0 Å². The molecule has 2 aromatic rings. The van der Waals surface area contributed by atoms with Crippen LogP contribution in [0.25, 0.3) is 0 Å². The molecule has 0 saturated carbocycles. The molecule has 0 radical (unpaired) electrons. The Labute approximate surface area is 131 Å². The summed E-state index contributed by atoms with van der Waals surface area (Å²) in [4.78, 5) is 31.9. The molecule has 2 rings (SSSR count). The van der Waals surface area contributed by atoms with E-state index in [1.807, 2.05) is 27.7 Å². The Morgan fingerprint density at radius 2 is 0.864 bits per heavy atom. The number of hydrogen-bond donors (Lipinski definition) is 0. The van der Waals surface area contributed by atoms with Gasteiger partial charge >= 0.3 is 11.9 Å². The van der Waals surface area contributed by atoms with Crippen LogP contribution in [0.15, 0.2) is 60.7 Å². The first-order valence-electron chi connectivity index (χ1n) is 7.30. The number of carbonyl (C=O) groups is 2. The summed E-state index contributed by atoms with van der Waals surface area (Å²) in [5, 5.41) is 0. The summed E-state index contributed by atoms with van der Waals surface area (Å²) in [7, 11) is 0. The molecule has 0 spiro atoms. The van der Waals surface area contributed by atoms with Crippen molar-refractivity contribution < 1.29 is 19.4 Å². The summed E-state index contributed by atoms with van der Waals surface area (Å²) >= 11 is 0. The van der Waals surface area contributed by atoms with Crippen molar-refractivity contribution in [1.29, 1.82) is 0 Å². The van der Waals surface area contributed by atoms with Crippen molar-refractivity contribution in [2.24, 2.45) is 0 Å². The molecule has 0 saturated heterocycles. The molecule has 0 fully saturated rings. The van der Waals surface area contributed by atoms with E-state index in [0.717, 1.165) is 0 Å². The standard InChI is InChI=1S/C14H10O4.2C2H6/c15-13(11-7-3-1-4-8-11)17-18-14(16)12-9-5-2-6-10-12;2*1-2/h1-10H;2*1-2H3. The summed E-state index contributed by atoms with van der Waals surface area (Å²) in [6, 6.07) is 16.6. The van der Waals surface area contributed by atoms with Crippen LogP contribution in [0.5, 0.6) is 0 Å². The first-order chi connectivity index (χ1) is 10.8. The Hall–Kier alpha value is -2.62. The van der Waals surface area contributed by atoms with Crippen molar-refractivity contribution in [1.82, 2.24) is 0 Å². The van der Waals surface area contributed by atoms with Crippen molar-refractivity contribution in [2.45, 2.75) is 27.7 Å². The van der Waals surface area contributed by atoms with E-state index in [-0.39, 0.29) is 0 Å². The van der Waals surface area contributed by atoms with Gasteiger partial charge in [-0.05, 0) is 24.3 Å². The molecule has 118 valence electrons. The van der Waals surface area contributed by atoms with Gasteiger partial charge in [0.25, 0.3) is 0 Å². The summed E-state index contributed by atoms with van der Waals surface area (Å²) in [6.07, 6.45) is 0. The van der Waals surface area contributed by atoms with Crippen LogP contribution in [0.1, 0.15) is 48.4 Å². The van der Waals surface area contributed by atoms with Crippen LogP contribution in [-0.4, -0.2) is 11.9 Å². The molecule has 22 heavy (non-hydrogen) atoms. The Kier molecular flexibility index (Phi) is 10.7. The third-order valence-electron chi connectivity index (χ3n) is 2.21. The summed E-state index contributed by atoms with van der Waals surface area (Å²) in [5.74, 6) is -1.42. The van der Waals surface area contributed by atoms with Crippen LogP contribution in [-0.2, 0) is 9.78 Å². The van der Waals surface area contributed by atoms with Crippen LogP contribution >= 0.6 is 0 Å². The van der Waals surface area contributed by atoms with Gasteiger partial charge in [-0.1, -0.05) is 64.1 Å². The fourth-order valence-corrected chi connectivity index (χ4v) is 1.32. The third kappa shape index (κ3) is 6.70. The van der Waals surface area contributed by atoms with E-state index in [9.17, 15) is 9.59 Å². The average molecular weight is 302 g/mol. The minimum Gasteiger partial charge on any atom is -0.242 e. The maximum atomic E-state index is 11.5. The van der Waals surface area contributed by atoms with Crippen LogP contribution < -0.4 is 0 Å². The van der Waals surface area contributed by atoms with E-state index in [2.05, 4.69) is 9.78 Å². The molecule has 0 aliphatic heterocycles. The first-order valence-corrected chi connectivity index (χ1v) is 7.30. The SMILES string of the molecule is CC.CC.O=C(OOC(=O)c1ccccc1)c1ccccc1. The average Bonchev–Trinajstić information content (AvgIpc) is 2.64. The van der Waals surface area contributed by atoms with Gasteiger partial charge in [-0.2, -0.15) is 0 Å². The van der Waals surface area contributed by atoms with Crippen molar-refractivity contribution in [2.75, 3.05) is 0 Å². The topological polar surface area (TPSA) is 52.6 Å². The van der Waals surface area contributed by atoms with Crippen molar-refractivity contribution in [3.8, 4) is 0 Å². The van der Waals surface area contributed by atoms with E-state index in [1.165, 1.54) is 0 Å². The molecular weight excluding hydrogens is 280 g/mol. The van der Waals surface area contributed by atoms with Gasteiger partial charge in [-0.3, -0.25) is 0 Å². The molecule has 0 bridgehead atoms. The molecule has 0 amide bonds. The zero-order valence-electron chi connectivity index (χ0n) is 13.4. The lowest BCUT2D eigenvalue weighted by atomic mass is 10.2. The zero-order valence-corrected chi connectivity index (χ0v) is 13.4. The fraction of sp³-hybridized carbons (Fsp3) is 0.222. The van der Waals surface area contributed by atoms with Crippen molar-refractivity contribution >= 4 is 11.9 Å². The molecule has 0 aliphatic carbocycles. The molecule has 2 aromatic carbocycles. The molecule has 0 atom stereocenters. The molecule has 0 N–H and O–H groups in total. The van der Waals surface area contributed by atoms with Crippen LogP contribution in [0.4, 0.5) is 0 Å². The molecule has 4 heteroatoms. The molecule has 0 heterocycles. The monoisotopic (exact) mass is 302 g/mol. The van der Waals surface area contributed by atoms with Crippen LogP contribution in [0.2, 0.25) is 0 Å². The maximum absolute atomic E-state index is 11.5. The molecule has 0 unspecified atom stereocenters.